The third kappa shape index (κ3) is 5.89. The molecule has 3 heteroatoms. The zero-order valence-electron chi connectivity index (χ0n) is 31.5. The Kier molecular flexibility index (Phi) is 8.15. The molecule has 0 unspecified atom stereocenters. The third-order valence-electron chi connectivity index (χ3n) is 11.3. The Morgan fingerprint density at radius 2 is 0.621 bits per heavy atom. The molecule has 0 radical (unpaired) electrons. The quantitative estimate of drug-likeness (QED) is 0.160. The molecule has 0 amide bonds. The molecule has 10 aromatic carbocycles. The van der Waals surface area contributed by atoms with Crippen molar-refractivity contribution in [1.29, 1.82) is 0 Å². The average Bonchev–Trinajstić information content (AvgIpc) is 3.31. The van der Waals surface area contributed by atoms with Gasteiger partial charge in [-0.05, 0) is 101 Å². The van der Waals surface area contributed by atoms with Crippen LogP contribution in [0.3, 0.4) is 0 Å². The van der Waals surface area contributed by atoms with Crippen molar-refractivity contribution < 1.29 is 0 Å². The third-order valence-corrected chi connectivity index (χ3v) is 11.3. The smallest absolute Gasteiger partial charge is 0.164 e. The summed E-state index contributed by atoms with van der Waals surface area (Å²) in [5.74, 6) is 1.91. The monoisotopic (exact) mass is 737 g/mol. The van der Waals surface area contributed by atoms with E-state index in [2.05, 4.69) is 152 Å². The molecule has 0 fully saturated rings. The zero-order chi connectivity index (χ0) is 38.4. The summed E-state index contributed by atoms with van der Waals surface area (Å²) in [5.41, 5.74) is 9.76. The Hall–Kier alpha value is -7.75. The van der Waals surface area contributed by atoms with Crippen LogP contribution in [0.15, 0.2) is 212 Å². The lowest BCUT2D eigenvalue weighted by molar-refractivity contribution is 1.07. The molecule has 58 heavy (non-hydrogen) atoms. The minimum atomic E-state index is 0.629. The van der Waals surface area contributed by atoms with Crippen LogP contribution in [-0.4, -0.2) is 15.0 Å². The van der Waals surface area contributed by atoms with E-state index in [9.17, 15) is 0 Å². The first-order chi connectivity index (χ1) is 28.7. The van der Waals surface area contributed by atoms with Gasteiger partial charge in [-0.25, -0.2) is 15.0 Å². The van der Waals surface area contributed by atoms with Crippen LogP contribution in [0.25, 0.3) is 111 Å². The second-order valence-corrected chi connectivity index (χ2v) is 14.8. The first-order valence-electron chi connectivity index (χ1n) is 19.7. The summed E-state index contributed by atoms with van der Waals surface area (Å²) in [7, 11) is 0. The second kappa shape index (κ2) is 14.1. The molecule has 0 N–H and O–H groups in total. The molecule has 0 atom stereocenters. The summed E-state index contributed by atoms with van der Waals surface area (Å²) in [4.78, 5) is 15.1. The molecule has 11 rings (SSSR count). The molecule has 0 bridgehead atoms. The molecule has 0 spiro atoms. The van der Waals surface area contributed by atoms with E-state index >= 15 is 0 Å². The van der Waals surface area contributed by atoms with Crippen LogP contribution in [0.4, 0.5) is 0 Å². The van der Waals surface area contributed by atoms with Gasteiger partial charge in [0.15, 0.2) is 17.5 Å². The van der Waals surface area contributed by atoms with Gasteiger partial charge in [0.2, 0.25) is 0 Å². The average molecular weight is 738 g/mol. The van der Waals surface area contributed by atoms with E-state index in [1.807, 2.05) is 60.7 Å². The van der Waals surface area contributed by atoms with Crippen molar-refractivity contribution in [1.82, 2.24) is 15.0 Å². The lowest BCUT2D eigenvalue weighted by Gasteiger charge is -2.18. The fourth-order valence-electron chi connectivity index (χ4n) is 8.52. The highest BCUT2D eigenvalue weighted by Gasteiger charge is 2.18. The Morgan fingerprint density at radius 3 is 1.21 bits per heavy atom. The number of fused-ring (bicyclic) bond motifs is 6. The normalized spacial score (nSPS) is 11.4. The maximum Gasteiger partial charge on any atom is 0.164 e. The van der Waals surface area contributed by atoms with Gasteiger partial charge in [-0.2, -0.15) is 0 Å². The van der Waals surface area contributed by atoms with Crippen molar-refractivity contribution in [3.63, 3.8) is 0 Å². The fourth-order valence-corrected chi connectivity index (χ4v) is 8.52. The Balaban J connectivity index is 1.16. The maximum absolute atomic E-state index is 5.10. The molecular weight excluding hydrogens is 703 g/mol. The number of aromatic nitrogens is 3. The van der Waals surface area contributed by atoms with Gasteiger partial charge in [-0.3, -0.25) is 0 Å². The summed E-state index contributed by atoms with van der Waals surface area (Å²) >= 11 is 0. The molecular formula is C55H35N3. The highest BCUT2D eigenvalue weighted by atomic mass is 15.0. The summed E-state index contributed by atoms with van der Waals surface area (Å²) in [6.45, 7) is 0. The van der Waals surface area contributed by atoms with Crippen LogP contribution < -0.4 is 0 Å². The largest absolute Gasteiger partial charge is 0.208 e. The molecule has 3 nitrogen and oxygen atoms in total. The van der Waals surface area contributed by atoms with Crippen molar-refractivity contribution in [2.24, 2.45) is 0 Å². The van der Waals surface area contributed by atoms with Crippen molar-refractivity contribution in [2.45, 2.75) is 0 Å². The maximum atomic E-state index is 5.10. The molecule has 0 saturated heterocycles. The molecule has 1 aromatic heterocycles. The topological polar surface area (TPSA) is 38.7 Å². The SMILES string of the molecule is c1ccc(-c2nc(-c3ccccc3)nc(-c3cccc(-c4cc(-c5cc6ccccc6c6ccccc56)ccc4-c4cc5ccccc5c5ccccc45)c3)n2)cc1. The Morgan fingerprint density at radius 1 is 0.207 bits per heavy atom. The Bertz CT molecular complexity index is 3280. The predicted molar refractivity (Wildman–Crippen MR) is 242 cm³/mol. The molecule has 0 saturated carbocycles. The van der Waals surface area contributed by atoms with Crippen LogP contribution in [0.1, 0.15) is 0 Å². The van der Waals surface area contributed by atoms with Gasteiger partial charge in [0, 0.05) is 16.7 Å². The van der Waals surface area contributed by atoms with E-state index < -0.39 is 0 Å². The number of nitrogens with zero attached hydrogens (tertiary/aromatic N) is 3. The number of hydrogen-bond acceptors (Lipinski definition) is 3. The molecule has 1 heterocycles. The van der Waals surface area contributed by atoms with E-state index in [-0.39, 0.29) is 0 Å². The molecule has 0 aliphatic carbocycles. The Labute approximate surface area is 336 Å². The van der Waals surface area contributed by atoms with Gasteiger partial charge in [0.1, 0.15) is 0 Å². The van der Waals surface area contributed by atoms with Crippen LogP contribution >= 0.6 is 0 Å². The lowest BCUT2D eigenvalue weighted by atomic mass is 9.86. The zero-order valence-corrected chi connectivity index (χ0v) is 31.5. The van der Waals surface area contributed by atoms with Crippen molar-refractivity contribution in [3.8, 4) is 67.5 Å². The fraction of sp³-hybridized carbons (Fsp3) is 0. The van der Waals surface area contributed by atoms with E-state index in [1.165, 1.54) is 59.8 Å². The molecule has 0 aliphatic heterocycles. The lowest BCUT2D eigenvalue weighted by Crippen LogP contribution is -2.00. The summed E-state index contributed by atoms with van der Waals surface area (Å²) < 4.78 is 0. The molecule has 270 valence electrons. The van der Waals surface area contributed by atoms with Gasteiger partial charge in [-0.1, -0.05) is 188 Å². The number of benzene rings is 10. The van der Waals surface area contributed by atoms with Crippen molar-refractivity contribution >= 4 is 43.1 Å². The van der Waals surface area contributed by atoms with Gasteiger partial charge < -0.3 is 0 Å². The number of rotatable bonds is 6. The van der Waals surface area contributed by atoms with Crippen molar-refractivity contribution in [3.05, 3.63) is 212 Å². The van der Waals surface area contributed by atoms with Gasteiger partial charge >= 0.3 is 0 Å². The molecule has 11 aromatic rings. The highest BCUT2D eigenvalue weighted by molar-refractivity contribution is 6.16. The van der Waals surface area contributed by atoms with Crippen LogP contribution in [-0.2, 0) is 0 Å². The van der Waals surface area contributed by atoms with Crippen LogP contribution in [0.2, 0.25) is 0 Å². The van der Waals surface area contributed by atoms with E-state index in [4.69, 9.17) is 15.0 Å². The second-order valence-electron chi connectivity index (χ2n) is 14.8. The van der Waals surface area contributed by atoms with E-state index in [0.29, 0.717) is 17.5 Å². The minimum absolute atomic E-state index is 0.629. The predicted octanol–water partition coefficient (Wildman–Crippen LogP) is 14.5. The number of hydrogen-bond donors (Lipinski definition) is 0. The minimum Gasteiger partial charge on any atom is -0.208 e. The summed E-state index contributed by atoms with van der Waals surface area (Å²) in [5, 5.41) is 9.90. The van der Waals surface area contributed by atoms with E-state index in [1.54, 1.807) is 0 Å². The van der Waals surface area contributed by atoms with E-state index in [0.717, 1.165) is 33.4 Å². The molecule has 0 aliphatic rings. The van der Waals surface area contributed by atoms with Crippen LogP contribution in [0, 0.1) is 0 Å². The van der Waals surface area contributed by atoms with Gasteiger partial charge in [0.25, 0.3) is 0 Å². The first-order valence-corrected chi connectivity index (χ1v) is 19.7. The van der Waals surface area contributed by atoms with Gasteiger partial charge in [0.05, 0.1) is 0 Å². The highest BCUT2D eigenvalue weighted by Crippen LogP contribution is 2.43. The summed E-state index contributed by atoms with van der Waals surface area (Å²) in [6, 6.07) is 75.6. The summed E-state index contributed by atoms with van der Waals surface area (Å²) in [6.07, 6.45) is 0. The first kappa shape index (κ1) is 33.6. The van der Waals surface area contributed by atoms with Gasteiger partial charge in [-0.15, -0.1) is 0 Å². The standard InChI is InChI=1S/C55H35N3/c1-3-16-36(17-4-1)53-56-54(37-18-5-2-6-19-37)58-55(57-53)42-23-15-22-38(32-42)50-34-41(51-33-39-20-7-9-24-43(39)45-26-11-13-28-47(45)51)30-31-49(50)52-35-40-21-8-10-25-44(40)46-27-12-14-29-48(46)52/h1-35H. The van der Waals surface area contributed by atoms with Crippen molar-refractivity contribution in [2.75, 3.05) is 0 Å². The van der Waals surface area contributed by atoms with Crippen LogP contribution in [0.5, 0.6) is 0 Å².